The quantitative estimate of drug-likeness (QED) is 0.525. The minimum absolute atomic E-state index is 0.0736. The van der Waals surface area contributed by atoms with Gasteiger partial charge in [-0.1, -0.05) is 32.6 Å². The van der Waals surface area contributed by atoms with Gasteiger partial charge in [0.05, 0.1) is 18.8 Å². The Labute approximate surface area is 106 Å². The van der Waals surface area contributed by atoms with Crippen molar-refractivity contribution in [1.82, 2.24) is 5.32 Å². The van der Waals surface area contributed by atoms with Crippen LogP contribution in [0.5, 0.6) is 0 Å². The number of hydrogen-bond donors (Lipinski definition) is 1. The lowest BCUT2D eigenvalue weighted by Gasteiger charge is -2.33. The number of nitrogens with one attached hydrogen (secondary N) is 1. The van der Waals surface area contributed by atoms with E-state index in [1.807, 2.05) is 0 Å². The first kappa shape index (κ1) is 14.9. The van der Waals surface area contributed by atoms with Crippen LogP contribution < -0.4 is 5.32 Å². The molecule has 0 amide bonds. The summed E-state index contributed by atoms with van der Waals surface area (Å²) in [4.78, 5) is 0. The van der Waals surface area contributed by atoms with Crippen LogP contribution in [-0.2, 0) is 9.47 Å². The third kappa shape index (κ3) is 5.84. The van der Waals surface area contributed by atoms with Crippen molar-refractivity contribution in [3.63, 3.8) is 0 Å². The highest BCUT2D eigenvalue weighted by molar-refractivity contribution is 4.85. The topological polar surface area (TPSA) is 30.5 Å². The maximum Gasteiger partial charge on any atom is 0.0807 e. The van der Waals surface area contributed by atoms with Crippen molar-refractivity contribution in [2.75, 3.05) is 33.4 Å². The first-order valence-electron chi connectivity index (χ1n) is 7.16. The Morgan fingerprint density at radius 3 is 2.35 bits per heavy atom. The molecular weight excluding hydrogens is 214 g/mol. The molecule has 0 saturated heterocycles. The molecule has 1 fully saturated rings. The van der Waals surface area contributed by atoms with Gasteiger partial charge in [0.15, 0.2) is 0 Å². The second-order valence-electron chi connectivity index (χ2n) is 5.12. The van der Waals surface area contributed by atoms with Crippen molar-refractivity contribution in [3.8, 4) is 0 Å². The average molecular weight is 243 g/mol. The van der Waals surface area contributed by atoms with E-state index in [4.69, 9.17) is 9.47 Å². The van der Waals surface area contributed by atoms with Gasteiger partial charge in [0.2, 0.25) is 0 Å². The van der Waals surface area contributed by atoms with Gasteiger partial charge >= 0.3 is 0 Å². The molecule has 1 aliphatic carbocycles. The molecule has 1 saturated carbocycles. The van der Waals surface area contributed by atoms with E-state index in [9.17, 15) is 0 Å². The molecule has 1 aliphatic rings. The summed E-state index contributed by atoms with van der Waals surface area (Å²) < 4.78 is 11.2. The maximum absolute atomic E-state index is 6.15. The Hall–Kier alpha value is -0.120. The van der Waals surface area contributed by atoms with Crippen LogP contribution in [0, 0.1) is 0 Å². The van der Waals surface area contributed by atoms with Crippen molar-refractivity contribution in [2.24, 2.45) is 0 Å². The summed E-state index contributed by atoms with van der Waals surface area (Å²) in [6, 6.07) is 0. The van der Waals surface area contributed by atoms with Crippen LogP contribution in [0.1, 0.15) is 51.9 Å². The summed E-state index contributed by atoms with van der Waals surface area (Å²) in [6.45, 7) is 5.73. The van der Waals surface area contributed by atoms with Gasteiger partial charge in [0.1, 0.15) is 0 Å². The van der Waals surface area contributed by atoms with E-state index in [2.05, 4.69) is 12.2 Å². The Morgan fingerprint density at radius 1 is 1.06 bits per heavy atom. The molecule has 0 spiro atoms. The normalized spacial score (nSPS) is 20.1. The average Bonchev–Trinajstić information content (AvgIpc) is 2.56. The summed E-state index contributed by atoms with van der Waals surface area (Å²) in [6.07, 6.45) is 8.93. The number of ether oxygens (including phenoxy) is 2. The zero-order valence-electron chi connectivity index (χ0n) is 11.6. The zero-order valence-corrected chi connectivity index (χ0v) is 11.6. The molecule has 0 aromatic rings. The first-order valence-corrected chi connectivity index (χ1v) is 7.16. The molecule has 17 heavy (non-hydrogen) atoms. The summed E-state index contributed by atoms with van der Waals surface area (Å²) in [5.41, 5.74) is 0.0736. The molecule has 0 aliphatic heterocycles. The van der Waals surface area contributed by atoms with E-state index in [0.717, 1.165) is 19.7 Å². The molecule has 0 radical (unpaired) electrons. The SMILES string of the molecule is CCCNCC1(OCCOC)CCCCCC1. The Kier molecular flexibility index (Phi) is 7.82. The van der Waals surface area contributed by atoms with Crippen molar-refractivity contribution in [3.05, 3.63) is 0 Å². The second-order valence-corrected chi connectivity index (χ2v) is 5.12. The van der Waals surface area contributed by atoms with Crippen LogP contribution in [0.15, 0.2) is 0 Å². The van der Waals surface area contributed by atoms with E-state index in [1.54, 1.807) is 7.11 Å². The molecule has 0 bridgehead atoms. The zero-order chi connectivity index (χ0) is 12.4. The van der Waals surface area contributed by atoms with E-state index < -0.39 is 0 Å². The molecule has 3 heteroatoms. The van der Waals surface area contributed by atoms with Gasteiger partial charge in [0.25, 0.3) is 0 Å². The molecule has 0 unspecified atom stereocenters. The monoisotopic (exact) mass is 243 g/mol. The Bertz CT molecular complexity index is 165. The summed E-state index contributed by atoms with van der Waals surface area (Å²) in [5.74, 6) is 0. The van der Waals surface area contributed by atoms with Crippen molar-refractivity contribution in [2.45, 2.75) is 57.5 Å². The van der Waals surface area contributed by atoms with Crippen LogP contribution in [0.25, 0.3) is 0 Å². The smallest absolute Gasteiger partial charge is 0.0807 e. The second kappa shape index (κ2) is 8.90. The Morgan fingerprint density at radius 2 is 1.76 bits per heavy atom. The van der Waals surface area contributed by atoms with Gasteiger partial charge < -0.3 is 14.8 Å². The van der Waals surface area contributed by atoms with Gasteiger partial charge in [0, 0.05) is 13.7 Å². The molecule has 3 nitrogen and oxygen atoms in total. The maximum atomic E-state index is 6.15. The standard InChI is InChI=1S/C14H29NO2/c1-3-10-15-13-14(17-12-11-16-2)8-6-4-5-7-9-14/h15H,3-13H2,1-2H3. The Balaban J connectivity index is 2.41. The predicted molar refractivity (Wildman–Crippen MR) is 71.4 cm³/mol. The highest BCUT2D eigenvalue weighted by atomic mass is 16.5. The highest BCUT2D eigenvalue weighted by Gasteiger charge is 2.31. The fraction of sp³-hybridized carbons (Fsp3) is 1.00. The van der Waals surface area contributed by atoms with Crippen LogP contribution in [0.3, 0.4) is 0 Å². The van der Waals surface area contributed by atoms with Gasteiger partial charge in [-0.2, -0.15) is 0 Å². The lowest BCUT2D eigenvalue weighted by molar-refractivity contribution is -0.0705. The van der Waals surface area contributed by atoms with E-state index in [0.29, 0.717) is 6.61 Å². The van der Waals surface area contributed by atoms with Crippen molar-refractivity contribution in [1.29, 1.82) is 0 Å². The number of rotatable bonds is 8. The molecular formula is C14H29NO2. The fourth-order valence-electron chi connectivity index (χ4n) is 2.58. The summed E-state index contributed by atoms with van der Waals surface area (Å²) >= 11 is 0. The molecule has 0 atom stereocenters. The van der Waals surface area contributed by atoms with Gasteiger partial charge in [-0.3, -0.25) is 0 Å². The predicted octanol–water partition coefficient (Wildman–Crippen LogP) is 2.74. The first-order chi connectivity index (χ1) is 8.33. The fourth-order valence-corrected chi connectivity index (χ4v) is 2.58. The van der Waals surface area contributed by atoms with Gasteiger partial charge in [-0.25, -0.2) is 0 Å². The van der Waals surface area contributed by atoms with E-state index in [1.165, 1.54) is 44.9 Å². The minimum atomic E-state index is 0.0736. The van der Waals surface area contributed by atoms with E-state index in [-0.39, 0.29) is 5.60 Å². The van der Waals surface area contributed by atoms with Crippen LogP contribution in [0.4, 0.5) is 0 Å². The molecule has 102 valence electrons. The highest BCUT2D eigenvalue weighted by Crippen LogP contribution is 2.30. The van der Waals surface area contributed by atoms with Crippen molar-refractivity contribution >= 4 is 0 Å². The van der Waals surface area contributed by atoms with Gasteiger partial charge in [-0.15, -0.1) is 0 Å². The van der Waals surface area contributed by atoms with Crippen LogP contribution in [-0.4, -0.2) is 39.0 Å². The molecule has 1 N–H and O–H groups in total. The molecule has 0 aromatic carbocycles. The molecule has 0 heterocycles. The van der Waals surface area contributed by atoms with Crippen molar-refractivity contribution < 1.29 is 9.47 Å². The van der Waals surface area contributed by atoms with E-state index >= 15 is 0 Å². The number of hydrogen-bond acceptors (Lipinski definition) is 3. The van der Waals surface area contributed by atoms with Crippen LogP contribution >= 0.6 is 0 Å². The lowest BCUT2D eigenvalue weighted by atomic mass is 9.94. The van der Waals surface area contributed by atoms with Gasteiger partial charge in [-0.05, 0) is 25.8 Å². The largest absolute Gasteiger partial charge is 0.382 e. The summed E-state index contributed by atoms with van der Waals surface area (Å²) in [7, 11) is 1.73. The van der Waals surface area contributed by atoms with Crippen LogP contribution in [0.2, 0.25) is 0 Å². The third-order valence-electron chi connectivity index (χ3n) is 3.58. The molecule has 1 rings (SSSR count). The lowest BCUT2D eigenvalue weighted by Crippen LogP contribution is -2.43. The third-order valence-corrected chi connectivity index (χ3v) is 3.58. The number of methoxy groups -OCH3 is 1. The molecule has 0 aromatic heterocycles. The summed E-state index contributed by atoms with van der Waals surface area (Å²) in [5, 5.41) is 3.53. The minimum Gasteiger partial charge on any atom is -0.382 e.